The molecule has 5 rings (SSSR count). The topological polar surface area (TPSA) is 113 Å². The molecule has 3 aromatic carbocycles. The number of aromatic nitrogens is 2. The average molecular weight is 598 g/mol. The van der Waals surface area contributed by atoms with Crippen molar-refractivity contribution < 1.29 is 28.9 Å². The lowest BCUT2D eigenvalue weighted by molar-refractivity contribution is -0.132. The van der Waals surface area contributed by atoms with Crippen LogP contribution in [0.15, 0.2) is 76.6 Å². The first-order valence-electron chi connectivity index (χ1n) is 12.0. The lowest BCUT2D eigenvalue weighted by Gasteiger charge is -2.23. The summed E-state index contributed by atoms with van der Waals surface area (Å²) in [6.07, 6.45) is 0. The molecule has 0 radical (unpaired) electrons. The smallest absolute Gasteiger partial charge is 0.301 e. The van der Waals surface area contributed by atoms with E-state index in [0.29, 0.717) is 20.5 Å². The van der Waals surface area contributed by atoms with E-state index in [1.807, 2.05) is 0 Å². The fourth-order valence-electron chi connectivity index (χ4n) is 4.19. The van der Waals surface area contributed by atoms with Crippen molar-refractivity contribution in [1.29, 1.82) is 0 Å². The number of ketones is 1. The van der Waals surface area contributed by atoms with E-state index in [-0.39, 0.29) is 45.9 Å². The second-order valence-electron chi connectivity index (χ2n) is 8.57. The van der Waals surface area contributed by atoms with Crippen molar-refractivity contribution >= 4 is 57.3 Å². The number of hydrogen-bond donors (Lipinski definition) is 2. The summed E-state index contributed by atoms with van der Waals surface area (Å²) in [5.74, 6) is -2.25. The average Bonchev–Trinajstić information content (AvgIpc) is 3.51. The molecule has 1 fully saturated rings. The predicted molar refractivity (Wildman–Crippen MR) is 151 cm³/mol. The first-order chi connectivity index (χ1) is 19.3. The first-order valence-corrected chi connectivity index (χ1v) is 14.2. The maximum Gasteiger partial charge on any atom is 0.301 e. The highest BCUT2D eigenvalue weighted by atomic mass is 35.5. The summed E-state index contributed by atoms with van der Waals surface area (Å²) in [6, 6.07) is 15.9. The predicted octanol–water partition coefficient (Wildman–Crippen LogP) is 6.35. The van der Waals surface area contributed by atoms with Gasteiger partial charge in [-0.2, -0.15) is 0 Å². The van der Waals surface area contributed by atoms with E-state index in [9.17, 15) is 24.2 Å². The molecule has 1 atom stereocenters. The molecule has 1 unspecified atom stereocenters. The van der Waals surface area contributed by atoms with Crippen molar-refractivity contribution in [3.05, 3.63) is 99.8 Å². The van der Waals surface area contributed by atoms with E-state index >= 15 is 0 Å². The number of hydrogen-bond acceptors (Lipinski definition) is 9. The number of aromatic hydroxyl groups is 1. The highest BCUT2D eigenvalue weighted by molar-refractivity contribution is 8.00. The molecular formula is C28H21ClFN3O5S2. The van der Waals surface area contributed by atoms with Crippen LogP contribution in [0.25, 0.3) is 5.76 Å². The Morgan fingerprint density at radius 2 is 1.88 bits per heavy atom. The molecule has 2 N–H and O–H groups in total. The minimum atomic E-state index is -1.10. The van der Waals surface area contributed by atoms with Gasteiger partial charge in [0.05, 0.1) is 18.2 Å². The molecule has 2 heterocycles. The number of carbonyl (C=O) groups is 2. The number of carbonyl (C=O) groups excluding carboxylic acids is 2. The number of ether oxygens (including phenoxy) is 1. The molecule has 0 spiro atoms. The number of halogens is 2. The number of amides is 1. The molecule has 8 nitrogen and oxygen atoms in total. The van der Waals surface area contributed by atoms with E-state index in [0.717, 1.165) is 16.2 Å². The van der Waals surface area contributed by atoms with Crippen molar-refractivity contribution in [3.63, 3.8) is 0 Å². The van der Waals surface area contributed by atoms with Gasteiger partial charge in [-0.1, -0.05) is 59.0 Å². The number of nitrogens with zero attached hydrogens (tertiary/aromatic N) is 3. The van der Waals surface area contributed by atoms with Gasteiger partial charge in [0, 0.05) is 16.3 Å². The number of benzene rings is 3. The third-order valence-electron chi connectivity index (χ3n) is 6.07. The summed E-state index contributed by atoms with van der Waals surface area (Å²) in [6.45, 7) is 2.02. The molecule has 1 aliphatic heterocycles. The van der Waals surface area contributed by atoms with E-state index in [1.54, 1.807) is 37.3 Å². The molecule has 12 heteroatoms. The number of rotatable bonds is 8. The van der Waals surface area contributed by atoms with Crippen LogP contribution in [0.5, 0.6) is 11.5 Å². The minimum Gasteiger partial charge on any atom is -0.507 e. The lowest BCUT2D eigenvalue weighted by atomic mass is 9.95. The van der Waals surface area contributed by atoms with Gasteiger partial charge in [0.25, 0.3) is 5.78 Å². The Labute approximate surface area is 241 Å². The fourth-order valence-corrected chi connectivity index (χ4v) is 6.17. The Bertz CT molecular complexity index is 1630. The van der Waals surface area contributed by atoms with Crippen LogP contribution < -0.4 is 9.64 Å². The Hall–Kier alpha value is -3.93. The van der Waals surface area contributed by atoms with Crippen LogP contribution in [0.1, 0.15) is 29.7 Å². The van der Waals surface area contributed by atoms with Crippen LogP contribution in [0.2, 0.25) is 5.02 Å². The van der Waals surface area contributed by atoms with Gasteiger partial charge in [0.2, 0.25) is 5.13 Å². The van der Waals surface area contributed by atoms with E-state index in [2.05, 4.69) is 10.2 Å². The molecule has 1 aromatic heterocycles. The first kappa shape index (κ1) is 27.6. The molecule has 40 heavy (non-hydrogen) atoms. The molecule has 1 saturated heterocycles. The molecule has 1 amide bonds. The van der Waals surface area contributed by atoms with Crippen molar-refractivity contribution in [2.75, 3.05) is 11.5 Å². The molecule has 0 aliphatic carbocycles. The summed E-state index contributed by atoms with van der Waals surface area (Å²) >= 11 is 8.29. The van der Waals surface area contributed by atoms with Gasteiger partial charge in [0.1, 0.15) is 11.6 Å². The van der Waals surface area contributed by atoms with Crippen molar-refractivity contribution in [3.8, 4) is 11.5 Å². The third kappa shape index (κ3) is 5.40. The van der Waals surface area contributed by atoms with Crippen LogP contribution in [-0.4, -0.2) is 38.7 Å². The van der Waals surface area contributed by atoms with Crippen LogP contribution in [0.4, 0.5) is 9.52 Å². The maximum absolute atomic E-state index is 14.1. The number of thioether (sulfide) groups is 1. The van der Waals surface area contributed by atoms with Gasteiger partial charge < -0.3 is 14.9 Å². The summed E-state index contributed by atoms with van der Waals surface area (Å²) in [4.78, 5) is 28.0. The number of aliphatic hydroxyl groups is 1. The fraction of sp³-hybridized carbons (Fsp3) is 0.143. The molecule has 0 saturated carbocycles. The van der Waals surface area contributed by atoms with Crippen molar-refractivity contribution in [2.45, 2.75) is 23.1 Å². The number of phenolic OH excluding ortho intramolecular Hbond substituents is 1. The summed E-state index contributed by atoms with van der Waals surface area (Å²) in [7, 11) is 0. The zero-order valence-electron chi connectivity index (χ0n) is 20.9. The quantitative estimate of drug-likeness (QED) is 0.0794. The SMILES string of the molecule is CCOc1cc(C2/C(=C(/O)c3ccc(Cl)cc3)C(=O)C(=O)N2c2nnc(SCc3ccccc3F)s2)ccc1O. The van der Waals surface area contributed by atoms with E-state index < -0.39 is 23.5 Å². The summed E-state index contributed by atoms with van der Waals surface area (Å²) in [5, 5.41) is 30.3. The largest absolute Gasteiger partial charge is 0.507 e. The third-order valence-corrected chi connectivity index (χ3v) is 8.43. The van der Waals surface area contributed by atoms with Gasteiger partial charge in [-0.3, -0.25) is 14.5 Å². The standard InChI is InChI=1S/C28H21ClFN3O5S2/c1-2-38-21-13-16(9-12-20(21)34)23-22(24(35)15-7-10-18(29)11-8-15)25(36)26(37)33(23)27-31-32-28(40-27)39-14-17-5-3-4-6-19(17)30/h3-13,23,34-35H,2,14H2,1H3/b24-22-. The zero-order valence-corrected chi connectivity index (χ0v) is 23.3. The van der Waals surface area contributed by atoms with Crippen LogP contribution in [-0.2, 0) is 15.3 Å². The molecular weight excluding hydrogens is 577 g/mol. The van der Waals surface area contributed by atoms with Crippen LogP contribution in [0.3, 0.4) is 0 Å². The minimum absolute atomic E-state index is 0.115. The number of aliphatic hydroxyl groups excluding tert-OH is 1. The van der Waals surface area contributed by atoms with Gasteiger partial charge in [0.15, 0.2) is 15.8 Å². The zero-order chi connectivity index (χ0) is 28.4. The Kier molecular flexibility index (Phi) is 8.06. The van der Waals surface area contributed by atoms with Gasteiger partial charge in [-0.15, -0.1) is 10.2 Å². The lowest BCUT2D eigenvalue weighted by Crippen LogP contribution is -2.29. The molecule has 204 valence electrons. The Morgan fingerprint density at radius 3 is 2.60 bits per heavy atom. The number of phenols is 1. The molecule has 0 bridgehead atoms. The van der Waals surface area contributed by atoms with Gasteiger partial charge >= 0.3 is 5.91 Å². The second-order valence-corrected chi connectivity index (χ2v) is 11.2. The highest BCUT2D eigenvalue weighted by Crippen LogP contribution is 2.45. The van der Waals surface area contributed by atoms with Gasteiger partial charge in [-0.05, 0) is 60.5 Å². The number of anilines is 1. The molecule has 4 aromatic rings. The second kappa shape index (κ2) is 11.7. The molecule has 1 aliphatic rings. The van der Waals surface area contributed by atoms with Crippen LogP contribution >= 0.6 is 34.7 Å². The van der Waals surface area contributed by atoms with Gasteiger partial charge in [-0.25, -0.2) is 4.39 Å². The van der Waals surface area contributed by atoms with E-state index in [1.165, 1.54) is 48.2 Å². The van der Waals surface area contributed by atoms with E-state index in [4.69, 9.17) is 16.3 Å². The maximum atomic E-state index is 14.1. The Morgan fingerprint density at radius 1 is 1.12 bits per heavy atom. The number of Topliss-reactive ketones (excluding diaryl/α,β-unsaturated/α-hetero) is 1. The normalized spacial score (nSPS) is 16.5. The van der Waals surface area contributed by atoms with Crippen molar-refractivity contribution in [2.24, 2.45) is 0 Å². The summed E-state index contributed by atoms with van der Waals surface area (Å²) < 4.78 is 20.1. The highest BCUT2D eigenvalue weighted by Gasteiger charge is 2.48. The van der Waals surface area contributed by atoms with Crippen LogP contribution in [0, 0.1) is 5.82 Å². The Balaban J connectivity index is 1.58. The summed E-state index contributed by atoms with van der Waals surface area (Å²) in [5.41, 5.74) is 0.998. The monoisotopic (exact) mass is 597 g/mol. The van der Waals surface area contributed by atoms with Crippen molar-refractivity contribution in [1.82, 2.24) is 10.2 Å².